The Kier molecular flexibility index (Phi) is 4.44. The second-order valence-electron chi connectivity index (χ2n) is 4.82. The van der Waals surface area contributed by atoms with Crippen LogP contribution in [0.3, 0.4) is 0 Å². The van der Waals surface area contributed by atoms with Crippen LogP contribution in [0.1, 0.15) is 18.2 Å². The van der Waals surface area contributed by atoms with Gasteiger partial charge in [0.15, 0.2) is 5.96 Å². The summed E-state index contributed by atoms with van der Waals surface area (Å²) in [5.74, 6) is 0.406. The highest BCUT2D eigenvalue weighted by Gasteiger charge is 2.05. The Hall–Kier alpha value is -1.82. The number of aromatic nitrogens is 2. The maximum absolute atomic E-state index is 5.77. The van der Waals surface area contributed by atoms with Crippen LogP contribution in [0.4, 0.5) is 0 Å². The first-order chi connectivity index (χ1) is 9.45. The lowest BCUT2D eigenvalue weighted by molar-refractivity contribution is 0.928. The van der Waals surface area contributed by atoms with Gasteiger partial charge in [-0.2, -0.15) is 0 Å². The fraction of sp³-hybridized carbons (Fsp3) is 0.286. The fourth-order valence-corrected chi connectivity index (χ4v) is 2.38. The third kappa shape index (κ3) is 3.60. The van der Waals surface area contributed by atoms with E-state index in [1.54, 1.807) is 0 Å². The van der Waals surface area contributed by atoms with Gasteiger partial charge in [0.2, 0.25) is 0 Å². The summed E-state index contributed by atoms with van der Waals surface area (Å²) >= 11 is 3.47. The number of imidazole rings is 1. The van der Waals surface area contributed by atoms with Gasteiger partial charge in [-0.05, 0) is 41.4 Å². The van der Waals surface area contributed by atoms with Gasteiger partial charge in [-0.25, -0.2) is 9.98 Å². The predicted octanol–water partition coefficient (Wildman–Crippen LogP) is 2.39. The summed E-state index contributed by atoms with van der Waals surface area (Å²) < 4.78 is 3.01. The van der Waals surface area contributed by atoms with Gasteiger partial charge in [0, 0.05) is 23.4 Å². The van der Waals surface area contributed by atoms with Crippen LogP contribution in [0.25, 0.3) is 5.65 Å². The standard InChI is InChI=1S/C14H18BrN5/c1-9(2)5-17-14(16)18-6-12-8-20-7-11(15)4-10(3)13(20)19-12/h4,7-8H,1,5-6H2,2-3H3,(H3,16,17,18). The zero-order valence-corrected chi connectivity index (χ0v) is 13.2. The Morgan fingerprint density at radius 1 is 1.55 bits per heavy atom. The van der Waals surface area contributed by atoms with Crippen molar-refractivity contribution in [1.82, 2.24) is 14.7 Å². The molecule has 3 N–H and O–H groups in total. The molecule has 20 heavy (non-hydrogen) atoms. The summed E-state index contributed by atoms with van der Waals surface area (Å²) in [4.78, 5) is 8.82. The van der Waals surface area contributed by atoms with E-state index in [1.165, 1.54) is 0 Å². The van der Waals surface area contributed by atoms with Gasteiger partial charge in [0.25, 0.3) is 0 Å². The Morgan fingerprint density at radius 2 is 2.30 bits per heavy atom. The molecule has 106 valence electrons. The van der Waals surface area contributed by atoms with E-state index in [0.717, 1.165) is 27.0 Å². The molecule has 2 heterocycles. The number of halogens is 1. The van der Waals surface area contributed by atoms with Crippen LogP contribution in [0, 0.1) is 6.92 Å². The molecule has 0 amide bonds. The summed E-state index contributed by atoms with van der Waals surface area (Å²) in [5, 5.41) is 2.99. The van der Waals surface area contributed by atoms with Crippen molar-refractivity contribution >= 4 is 27.5 Å². The van der Waals surface area contributed by atoms with Gasteiger partial charge in [0.05, 0.1) is 12.2 Å². The number of hydrogen-bond acceptors (Lipinski definition) is 2. The molecule has 2 rings (SSSR count). The first-order valence-electron chi connectivity index (χ1n) is 6.27. The summed E-state index contributed by atoms with van der Waals surface area (Å²) in [7, 11) is 0. The van der Waals surface area contributed by atoms with Gasteiger partial charge in [-0.15, -0.1) is 0 Å². The molecule has 0 fully saturated rings. The van der Waals surface area contributed by atoms with E-state index in [1.807, 2.05) is 36.7 Å². The number of aryl methyl sites for hydroxylation is 1. The van der Waals surface area contributed by atoms with Gasteiger partial charge >= 0.3 is 0 Å². The van der Waals surface area contributed by atoms with E-state index in [4.69, 9.17) is 5.73 Å². The van der Waals surface area contributed by atoms with Crippen molar-refractivity contribution in [2.24, 2.45) is 10.7 Å². The van der Waals surface area contributed by atoms with Crippen molar-refractivity contribution in [3.05, 3.63) is 46.3 Å². The third-order valence-corrected chi connectivity index (χ3v) is 3.17. The highest BCUT2D eigenvalue weighted by atomic mass is 79.9. The van der Waals surface area contributed by atoms with Crippen molar-refractivity contribution in [1.29, 1.82) is 0 Å². The number of pyridine rings is 1. The van der Waals surface area contributed by atoms with Crippen molar-refractivity contribution in [3.63, 3.8) is 0 Å². The Labute approximate surface area is 126 Å². The Balaban J connectivity index is 2.12. The minimum absolute atomic E-state index is 0.406. The van der Waals surface area contributed by atoms with E-state index in [9.17, 15) is 0 Å². The number of nitrogens with one attached hydrogen (secondary N) is 1. The van der Waals surface area contributed by atoms with Crippen molar-refractivity contribution in [2.75, 3.05) is 6.54 Å². The van der Waals surface area contributed by atoms with Crippen LogP contribution in [0.15, 0.2) is 40.1 Å². The molecule has 0 spiro atoms. The third-order valence-electron chi connectivity index (χ3n) is 2.73. The lowest BCUT2D eigenvalue weighted by Gasteiger charge is -2.03. The van der Waals surface area contributed by atoms with E-state index < -0.39 is 0 Å². The quantitative estimate of drug-likeness (QED) is 0.512. The summed E-state index contributed by atoms with van der Waals surface area (Å²) in [6.45, 7) is 8.85. The van der Waals surface area contributed by atoms with Crippen molar-refractivity contribution in [2.45, 2.75) is 20.4 Å². The molecule has 2 aromatic heterocycles. The van der Waals surface area contributed by atoms with Gasteiger partial charge in [0.1, 0.15) is 5.65 Å². The Morgan fingerprint density at radius 3 is 3.00 bits per heavy atom. The van der Waals surface area contributed by atoms with E-state index >= 15 is 0 Å². The molecule has 0 bridgehead atoms. The minimum atomic E-state index is 0.406. The number of guanidine groups is 1. The van der Waals surface area contributed by atoms with E-state index in [0.29, 0.717) is 19.0 Å². The molecular formula is C14H18BrN5. The molecule has 0 atom stereocenters. The smallest absolute Gasteiger partial charge is 0.189 e. The maximum Gasteiger partial charge on any atom is 0.189 e. The molecule has 0 saturated carbocycles. The predicted molar refractivity (Wildman–Crippen MR) is 85.8 cm³/mol. The van der Waals surface area contributed by atoms with Gasteiger partial charge < -0.3 is 15.5 Å². The molecular weight excluding hydrogens is 318 g/mol. The molecule has 6 heteroatoms. The average Bonchev–Trinajstić information content (AvgIpc) is 2.77. The maximum atomic E-state index is 5.77. The van der Waals surface area contributed by atoms with Crippen molar-refractivity contribution < 1.29 is 0 Å². The normalized spacial score (nSPS) is 11.8. The molecule has 0 aliphatic carbocycles. The zero-order chi connectivity index (χ0) is 14.7. The number of aliphatic imine (C=N–C) groups is 1. The van der Waals surface area contributed by atoms with Gasteiger partial charge in [-0.3, -0.25) is 0 Å². The lowest BCUT2D eigenvalue weighted by Crippen LogP contribution is -2.32. The van der Waals surface area contributed by atoms with Crippen molar-refractivity contribution in [3.8, 4) is 0 Å². The molecule has 5 nitrogen and oxygen atoms in total. The largest absolute Gasteiger partial charge is 0.370 e. The number of fused-ring (bicyclic) bond motifs is 1. The summed E-state index contributed by atoms with van der Waals surface area (Å²) in [6, 6.07) is 2.04. The van der Waals surface area contributed by atoms with E-state index in [-0.39, 0.29) is 0 Å². The molecule has 0 unspecified atom stereocenters. The van der Waals surface area contributed by atoms with Crippen LogP contribution >= 0.6 is 15.9 Å². The minimum Gasteiger partial charge on any atom is -0.370 e. The average molecular weight is 336 g/mol. The molecule has 0 aromatic carbocycles. The highest BCUT2D eigenvalue weighted by Crippen LogP contribution is 2.17. The second-order valence-corrected chi connectivity index (χ2v) is 5.73. The van der Waals surface area contributed by atoms with Crippen LogP contribution in [-0.2, 0) is 6.54 Å². The number of nitrogens with two attached hydrogens (primary N) is 1. The first-order valence-corrected chi connectivity index (χ1v) is 7.07. The second kappa shape index (κ2) is 6.09. The molecule has 0 radical (unpaired) electrons. The number of hydrogen-bond donors (Lipinski definition) is 2. The first kappa shape index (κ1) is 14.6. The van der Waals surface area contributed by atoms with Crippen LogP contribution in [0.2, 0.25) is 0 Å². The number of nitrogens with zero attached hydrogens (tertiary/aromatic N) is 3. The monoisotopic (exact) mass is 335 g/mol. The number of rotatable bonds is 4. The van der Waals surface area contributed by atoms with E-state index in [2.05, 4.69) is 37.8 Å². The fourth-order valence-electron chi connectivity index (χ4n) is 1.82. The molecule has 0 aliphatic heterocycles. The SMILES string of the molecule is C=C(C)CNC(N)=NCc1cn2cc(Br)cc(C)c2n1. The molecule has 0 aliphatic rings. The molecule has 0 saturated heterocycles. The van der Waals surface area contributed by atoms with Crippen LogP contribution < -0.4 is 11.1 Å². The topological polar surface area (TPSA) is 67.7 Å². The van der Waals surface area contributed by atoms with Crippen LogP contribution in [-0.4, -0.2) is 21.9 Å². The highest BCUT2D eigenvalue weighted by molar-refractivity contribution is 9.10. The van der Waals surface area contributed by atoms with Gasteiger partial charge in [-0.1, -0.05) is 12.2 Å². The zero-order valence-electron chi connectivity index (χ0n) is 11.7. The lowest BCUT2D eigenvalue weighted by atomic mass is 10.3. The summed E-state index contributed by atoms with van der Waals surface area (Å²) in [5.41, 5.74) is 9.72. The summed E-state index contributed by atoms with van der Waals surface area (Å²) in [6.07, 6.45) is 3.94. The molecule has 2 aromatic rings. The Bertz CT molecular complexity index is 671. The van der Waals surface area contributed by atoms with Crippen LogP contribution in [0.5, 0.6) is 0 Å².